The van der Waals surface area contributed by atoms with Crippen molar-refractivity contribution in [2.24, 2.45) is 0 Å². The number of phenolic OH excluding ortho intramolecular Hbond substituents is 1. The second-order valence-corrected chi connectivity index (χ2v) is 6.60. The molecule has 128 valence electrons. The summed E-state index contributed by atoms with van der Waals surface area (Å²) < 4.78 is 5.59. The Bertz CT molecular complexity index is 829. The minimum absolute atomic E-state index is 0.292. The maximum Gasteiger partial charge on any atom is 0.120 e. The summed E-state index contributed by atoms with van der Waals surface area (Å²) in [7, 11) is 2.58. The first kappa shape index (κ1) is 17.5. The van der Waals surface area contributed by atoms with Gasteiger partial charge in [-0.1, -0.05) is 45.6 Å². The summed E-state index contributed by atoms with van der Waals surface area (Å²) >= 11 is 0. The SMILES string of the molecule is Cc1cc(OCP)cc(C)c1Cc1ccc(-c2ccc(O)cc2)cc1. The first-order chi connectivity index (χ1) is 12.1. The lowest BCUT2D eigenvalue weighted by atomic mass is 9.94. The van der Waals surface area contributed by atoms with Crippen molar-refractivity contribution >= 4 is 9.24 Å². The van der Waals surface area contributed by atoms with Crippen molar-refractivity contribution in [3.8, 4) is 22.6 Å². The van der Waals surface area contributed by atoms with Gasteiger partial charge in [0.2, 0.25) is 0 Å². The molecule has 1 N–H and O–H groups in total. The molecule has 1 unspecified atom stereocenters. The van der Waals surface area contributed by atoms with E-state index in [2.05, 4.69) is 59.5 Å². The van der Waals surface area contributed by atoms with Crippen LogP contribution < -0.4 is 4.74 Å². The van der Waals surface area contributed by atoms with Crippen LogP contribution in [0, 0.1) is 13.8 Å². The Labute approximate surface area is 151 Å². The molecule has 1 atom stereocenters. The predicted octanol–water partition coefficient (Wildman–Crippen LogP) is 5.48. The molecule has 0 saturated carbocycles. The molecule has 0 amide bonds. The summed E-state index contributed by atoms with van der Waals surface area (Å²) in [5.41, 5.74) is 7.42. The summed E-state index contributed by atoms with van der Waals surface area (Å²) in [6, 6.07) is 20.1. The molecular weight excluding hydrogens is 327 g/mol. The van der Waals surface area contributed by atoms with Crippen LogP contribution in [0.3, 0.4) is 0 Å². The van der Waals surface area contributed by atoms with Gasteiger partial charge in [-0.3, -0.25) is 0 Å². The van der Waals surface area contributed by atoms with Gasteiger partial charge in [-0.15, -0.1) is 0 Å². The maximum absolute atomic E-state index is 9.41. The van der Waals surface area contributed by atoms with E-state index in [1.54, 1.807) is 12.1 Å². The highest BCUT2D eigenvalue weighted by atomic mass is 31.0. The Morgan fingerprint density at radius 1 is 0.840 bits per heavy atom. The smallest absolute Gasteiger partial charge is 0.120 e. The van der Waals surface area contributed by atoms with Crippen LogP contribution >= 0.6 is 9.24 Å². The van der Waals surface area contributed by atoms with Crippen molar-refractivity contribution in [2.45, 2.75) is 20.3 Å². The number of ether oxygens (including phenoxy) is 1. The van der Waals surface area contributed by atoms with Gasteiger partial charge in [0, 0.05) is 0 Å². The lowest BCUT2D eigenvalue weighted by Crippen LogP contribution is -1.98. The molecule has 0 aliphatic rings. The van der Waals surface area contributed by atoms with E-state index in [1.807, 2.05) is 12.1 Å². The van der Waals surface area contributed by atoms with E-state index in [0.29, 0.717) is 12.1 Å². The van der Waals surface area contributed by atoms with Gasteiger partial charge in [0.05, 0.1) is 0 Å². The fraction of sp³-hybridized carbons (Fsp3) is 0.182. The lowest BCUT2D eigenvalue weighted by Gasteiger charge is -2.13. The van der Waals surface area contributed by atoms with Crippen LogP contribution in [0.5, 0.6) is 11.5 Å². The summed E-state index contributed by atoms with van der Waals surface area (Å²) in [5, 5.41) is 9.41. The summed E-state index contributed by atoms with van der Waals surface area (Å²) in [6.45, 7) is 4.28. The number of hydrogen-bond donors (Lipinski definition) is 1. The number of rotatable bonds is 5. The topological polar surface area (TPSA) is 29.5 Å². The van der Waals surface area contributed by atoms with Gasteiger partial charge in [0.1, 0.15) is 17.8 Å². The highest BCUT2D eigenvalue weighted by Gasteiger charge is 2.07. The first-order valence-corrected chi connectivity index (χ1v) is 9.20. The molecule has 2 nitrogen and oxygen atoms in total. The van der Waals surface area contributed by atoms with Gasteiger partial charge < -0.3 is 9.84 Å². The van der Waals surface area contributed by atoms with Crippen molar-refractivity contribution < 1.29 is 9.84 Å². The van der Waals surface area contributed by atoms with Crippen molar-refractivity contribution in [3.05, 3.63) is 82.9 Å². The summed E-state index contributed by atoms with van der Waals surface area (Å²) in [4.78, 5) is 0. The summed E-state index contributed by atoms with van der Waals surface area (Å²) in [6.07, 6.45) is 1.52. The molecule has 0 spiro atoms. The van der Waals surface area contributed by atoms with Crippen LogP contribution in [0.25, 0.3) is 11.1 Å². The van der Waals surface area contributed by atoms with E-state index in [9.17, 15) is 5.11 Å². The molecule has 0 aliphatic carbocycles. The first-order valence-electron chi connectivity index (χ1n) is 8.38. The largest absolute Gasteiger partial charge is 0.508 e. The van der Waals surface area contributed by atoms with Crippen LogP contribution in [0.1, 0.15) is 22.3 Å². The lowest BCUT2D eigenvalue weighted by molar-refractivity contribution is 0.392. The van der Waals surface area contributed by atoms with E-state index in [1.165, 1.54) is 22.3 Å². The fourth-order valence-electron chi connectivity index (χ4n) is 3.09. The minimum atomic E-state index is 0.292. The molecule has 3 rings (SSSR count). The van der Waals surface area contributed by atoms with E-state index in [4.69, 9.17) is 4.74 Å². The Morgan fingerprint density at radius 2 is 1.36 bits per heavy atom. The summed E-state index contributed by atoms with van der Waals surface area (Å²) in [5.74, 6) is 1.22. The zero-order chi connectivity index (χ0) is 17.8. The van der Waals surface area contributed by atoms with Gasteiger partial charge in [-0.05, 0) is 77.9 Å². The van der Waals surface area contributed by atoms with Crippen LogP contribution in [-0.2, 0) is 6.42 Å². The van der Waals surface area contributed by atoms with E-state index < -0.39 is 0 Å². The molecule has 0 saturated heterocycles. The molecule has 0 bridgehead atoms. The Hall–Kier alpha value is -2.31. The Kier molecular flexibility index (Phi) is 5.40. The molecule has 0 aliphatic heterocycles. The predicted molar refractivity (Wildman–Crippen MR) is 107 cm³/mol. The van der Waals surface area contributed by atoms with Crippen molar-refractivity contribution in [1.82, 2.24) is 0 Å². The quantitative estimate of drug-likeness (QED) is 0.618. The third kappa shape index (κ3) is 4.21. The third-order valence-corrected chi connectivity index (χ3v) is 4.62. The number of aryl methyl sites for hydroxylation is 2. The molecule has 0 fully saturated rings. The highest BCUT2D eigenvalue weighted by Crippen LogP contribution is 2.26. The van der Waals surface area contributed by atoms with E-state index in [-0.39, 0.29) is 0 Å². The molecule has 0 heterocycles. The van der Waals surface area contributed by atoms with Crippen LogP contribution in [-0.4, -0.2) is 11.5 Å². The van der Waals surface area contributed by atoms with E-state index in [0.717, 1.165) is 23.3 Å². The Balaban J connectivity index is 1.81. The number of aromatic hydroxyl groups is 1. The maximum atomic E-state index is 9.41. The number of phenols is 1. The zero-order valence-electron chi connectivity index (χ0n) is 14.6. The average Bonchev–Trinajstić information content (AvgIpc) is 2.60. The minimum Gasteiger partial charge on any atom is -0.508 e. The fourth-order valence-corrected chi connectivity index (χ4v) is 3.28. The second kappa shape index (κ2) is 7.72. The van der Waals surface area contributed by atoms with Crippen LogP contribution in [0.15, 0.2) is 60.7 Å². The molecule has 3 aromatic carbocycles. The van der Waals surface area contributed by atoms with Crippen molar-refractivity contribution in [1.29, 1.82) is 0 Å². The molecule has 3 heteroatoms. The van der Waals surface area contributed by atoms with Gasteiger partial charge >= 0.3 is 0 Å². The molecular formula is C22H23O2P. The standard InChI is InChI=1S/C22H23O2P/c1-15-11-21(24-14-25)12-16(2)22(15)13-17-3-5-18(6-4-17)19-7-9-20(23)10-8-19/h3-12,23H,13-14,25H2,1-2H3. The van der Waals surface area contributed by atoms with Crippen molar-refractivity contribution in [3.63, 3.8) is 0 Å². The molecule has 3 aromatic rings. The van der Waals surface area contributed by atoms with E-state index >= 15 is 0 Å². The Morgan fingerprint density at radius 3 is 1.88 bits per heavy atom. The van der Waals surface area contributed by atoms with Gasteiger partial charge in [-0.2, -0.15) is 0 Å². The number of hydrogen-bond acceptors (Lipinski definition) is 2. The monoisotopic (exact) mass is 350 g/mol. The van der Waals surface area contributed by atoms with Gasteiger partial charge in [-0.25, -0.2) is 0 Å². The second-order valence-electron chi connectivity index (χ2n) is 6.27. The van der Waals surface area contributed by atoms with Crippen LogP contribution in [0.2, 0.25) is 0 Å². The molecule has 0 radical (unpaired) electrons. The highest BCUT2D eigenvalue weighted by molar-refractivity contribution is 7.16. The van der Waals surface area contributed by atoms with Gasteiger partial charge in [0.25, 0.3) is 0 Å². The average molecular weight is 350 g/mol. The normalized spacial score (nSPS) is 10.7. The zero-order valence-corrected chi connectivity index (χ0v) is 15.8. The third-order valence-electron chi connectivity index (χ3n) is 4.46. The van der Waals surface area contributed by atoms with Crippen molar-refractivity contribution in [2.75, 3.05) is 6.35 Å². The van der Waals surface area contributed by atoms with Gasteiger partial charge in [0.15, 0.2) is 0 Å². The molecule has 25 heavy (non-hydrogen) atoms. The molecule has 0 aromatic heterocycles. The van der Waals surface area contributed by atoms with Crippen LogP contribution in [0.4, 0.5) is 0 Å². The number of benzene rings is 3.